The SMILES string of the molecule is CC(C)(C)OC(=O)N[C@@H](Cc1cccc(Br)c1F)C(=O)O. The fraction of sp³-hybridized carbons (Fsp3) is 0.429. The van der Waals surface area contributed by atoms with E-state index in [9.17, 15) is 14.0 Å². The van der Waals surface area contributed by atoms with Crippen LogP contribution in [0.25, 0.3) is 0 Å². The third-order valence-electron chi connectivity index (χ3n) is 2.44. The second-order valence-corrected chi connectivity index (χ2v) is 6.31. The van der Waals surface area contributed by atoms with Gasteiger partial charge in [0, 0.05) is 6.42 Å². The number of nitrogens with one attached hydrogen (secondary N) is 1. The van der Waals surface area contributed by atoms with Crippen LogP contribution in [0.1, 0.15) is 26.3 Å². The van der Waals surface area contributed by atoms with E-state index in [0.29, 0.717) is 0 Å². The number of benzene rings is 1. The van der Waals surface area contributed by atoms with Gasteiger partial charge in [0.2, 0.25) is 0 Å². The summed E-state index contributed by atoms with van der Waals surface area (Å²) in [6.07, 6.45) is -1.04. The fourth-order valence-corrected chi connectivity index (χ4v) is 1.98. The van der Waals surface area contributed by atoms with Crippen molar-refractivity contribution in [2.75, 3.05) is 0 Å². The van der Waals surface area contributed by atoms with E-state index >= 15 is 0 Å². The van der Waals surface area contributed by atoms with E-state index in [0.717, 1.165) is 0 Å². The highest BCUT2D eigenvalue weighted by Crippen LogP contribution is 2.20. The summed E-state index contributed by atoms with van der Waals surface area (Å²) in [5.41, 5.74) is -0.554. The van der Waals surface area contributed by atoms with Crippen molar-refractivity contribution in [2.45, 2.75) is 38.8 Å². The third kappa shape index (κ3) is 5.71. The van der Waals surface area contributed by atoms with Crippen molar-refractivity contribution >= 4 is 28.0 Å². The minimum absolute atomic E-state index is 0.181. The number of hydrogen-bond acceptors (Lipinski definition) is 3. The van der Waals surface area contributed by atoms with Crippen molar-refractivity contribution < 1.29 is 23.8 Å². The van der Waals surface area contributed by atoms with Crippen LogP contribution in [0.3, 0.4) is 0 Å². The van der Waals surface area contributed by atoms with Crippen LogP contribution < -0.4 is 5.32 Å². The predicted octanol–water partition coefficient (Wildman–Crippen LogP) is 3.11. The number of ether oxygens (including phenoxy) is 1. The van der Waals surface area contributed by atoms with Crippen LogP contribution >= 0.6 is 15.9 Å². The number of amides is 1. The van der Waals surface area contributed by atoms with Crippen LogP contribution in [0.2, 0.25) is 0 Å². The lowest BCUT2D eigenvalue weighted by molar-refractivity contribution is -0.139. The van der Waals surface area contributed by atoms with Crippen LogP contribution in [0.5, 0.6) is 0 Å². The van der Waals surface area contributed by atoms with Gasteiger partial charge in [-0.05, 0) is 48.3 Å². The molecule has 0 fully saturated rings. The Labute approximate surface area is 130 Å². The topological polar surface area (TPSA) is 75.6 Å². The molecule has 0 spiro atoms. The minimum Gasteiger partial charge on any atom is -0.480 e. The molecule has 21 heavy (non-hydrogen) atoms. The molecule has 1 atom stereocenters. The maximum Gasteiger partial charge on any atom is 0.408 e. The zero-order valence-electron chi connectivity index (χ0n) is 11.9. The van der Waals surface area contributed by atoms with Gasteiger partial charge >= 0.3 is 12.1 Å². The number of rotatable bonds is 4. The van der Waals surface area contributed by atoms with E-state index in [2.05, 4.69) is 21.2 Å². The molecule has 0 saturated carbocycles. The molecule has 0 saturated heterocycles. The predicted molar refractivity (Wildman–Crippen MR) is 78.6 cm³/mol. The quantitative estimate of drug-likeness (QED) is 0.863. The largest absolute Gasteiger partial charge is 0.480 e. The van der Waals surface area contributed by atoms with E-state index in [1.54, 1.807) is 26.8 Å². The number of carbonyl (C=O) groups excluding carboxylic acids is 1. The molecule has 1 amide bonds. The second-order valence-electron chi connectivity index (χ2n) is 5.45. The number of carboxylic acids is 1. The summed E-state index contributed by atoms with van der Waals surface area (Å²) >= 11 is 3.03. The van der Waals surface area contributed by atoms with Gasteiger partial charge in [-0.3, -0.25) is 0 Å². The van der Waals surface area contributed by atoms with Crippen molar-refractivity contribution in [3.63, 3.8) is 0 Å². The van der Waals surface area contributed by atoms with Crippen LogP contribution in [-0.2, 0) is 16.0 Å². The van der Waals surface area contributed by atoms with Gasteiger partial charge in [-0.1, -0.05) is 12.1 Å². The molecule has 1 aromatic rings. The third-order valence-corrected chi connectivity index (χ3v) is 3.06. The first kappa shape index (κ1) is 17.4. The zero-order chi connectivity index (χ0) is 16.2. The molecule has 0 heterocycles. The Kier molecular flexibility index (Phi) is 5.71. The Hall–Kier alpha value is -1.63. The minimum atomic E-state index is -1.27. The van der Waals surface area contributed by atoms with Crippen LogP contribution in [0.15, 0.2) is 22.7 Å². The molecule has 1 rings (SSSR count). The fourth-order valence-electron chi connectivity index (χ4n) is 1.58. The second kappa shape index (κ2) is 6.89. The molecule has 0 aromatic heterocycles. The van der Waals surface area contributed by atoms with Crippen molar-refractivity contribution in [1.29, 1.82) is 0 Å². The first-order chi connectivity index (χ1) is 9.60. The number of carboxylic acid groups (broad SMARTS) is 1. The van der Waals surface area contributed by atoms with Crippen molar-refractivity contribution in [3.8, 4) is 0 Å². The number of carbonyl (C=O) groups is 2. The van der Waals surface area contributed by atoms with Gasteiger partial charge in [-0.25, -0.2) is 14.0 Å². The molecule has 0 aliphatic carbocycles. The highest BCUT2D eigenvalue weighted by atomic mass is 79.9. The van der Waals surface area contributed by atoms with E-state index in [1.807, 2.05) is 0 Å². The van der Waals surface area contributed by atoms with Gasteiger partial charge < -0.3 is 15.2 Å². The number of halogens is 2. The molecule has 7 heteroatoms. The van der Waals surface area contributed by atoms with E-state index in [4.69, 9.17) is 9.84 Å². The average molecular weight is 362 g/mol. The van der Waals surface area contributed by atoms with Gasteiger partial charge in [-0.15, -0.1) is 0 Å². The molecule has 116 valence electrons. The van der Waals surface area contributed by atoms with E-state index in [1.165, 1.54) is 12.1 Å². The maximum absolute atomic E-state index is 13.9. The zero-order valence-corrected chi connectivity index (χ0v) is 13.5. The highest BCUT2D eigenvalue weighted by molar-refractivity contribution is 9.10. The molecular weight excluding hydrogens is 345 g/mol. The summed E-state index contributed by atoms with van der Waals surface area (Å²) in [5, 5.41) is 11.4. The Morgan fingerprint density at radius 3 is 2.57 bits per heavy atom. The lowest BCUT2D eigenvalue weighted by atomic mass is 10.1. The Morgan fingerprint density at radius 1 is 1.43 bits per heavy atom. The molecule has 1 aromatic carbocycles. The summed E-state index contributed by atoms with van der Waals surface area (Å²) in [5.74, 6) is -1.81. The van der Waals surface area contributed by atoms with E-state index < -0.39 is 29.5 Å². The molecule has 0 radical (unpaired) electrons. The average Bonchev–Trinajstić information content (AvgIpc) is 2.31. The molecule has 0 aliphatic rings. The standard InChI is InChI=1S/C14H17BrFNO4/c1-14(2,3)21-13(20)17-10(12(18)19)7-8-5-4-6-9(15)11(8)16/h4-6,10H,7H2,1-3H3,(H,17,20)(H,18,19)/t10-/m0/s1. The summed E-state index contributed by atoms with van der Waals surface area (Å²) < 4.78 is 19.1. The number of aliphatic carboxylic acids is 1. The molecular formula is C14H17BrFNO4. The van der Waals surface area contributed by atoms with Crippen LogP contribution in [0, 0.1) is 5.82 Å². The van der Waals surface area contributed by atoms with E-state index in [-0.39, 0.29) is 16.5 Å². The molecule has 0 aliphatic heterocycles. The first-order valence-electron chi connectivity index (χ1n) is 6.25. The summed E-state index contributed by atoms with van der Waals surface area (Å²) in [6.45, 7) is 4.99. The number of alkyl carbamates (subject to hydrolysis) is 1. The summed E-state index contributed by atoms with van der Waals surface area (Å²) in [7, 11) is 0. The lowest BCUT2D eigenvalue weighted by Gasteiger charge is -2.22. The smallest absolute Gasteiger partial charge is 0.408 e. The van der Waals surface area contributed by atoms with Gasteiger partial charge in [0.1, 0.15) is 17.5 Å². The molecule has 0 bridgehead atoms. The normalized spacial score (nSPS) is 12.6. The van der Waals surface area contributed by atoms with Crippen molar-refractivity contribution in [3.05, 3.63) is 34.1 Å². The lowest BCUT2D eigenvalue weighted by Crippen LogP contribution is -2.44. The number of hydrogen-bond donors (Lipinski definition) is 2. The summed E-state index contributed by atoms with van der Waals surface area (Å²) in [6, 6.07) is 3.29. The van der Waals surface area contributed by atoms with Crippen LogP contribution in [0.4, 0.5) is 9.18 Å². The van der Waals surface area contributed by atoms with Gasteiger partial charge in [0.15, 0.2) is 0 Å². The molecule has 2 N–H and O–H groups in total. The van der Waals surface area contributed by atoms with Gasteiger partial charge in [0.25, 0.3) is 0 Å². The molecule has 0 unspecified atom stereocenters. The van der Waals surface area contributed by atoms with Crippen LogP contribution in [-0.4, -0.2) is 28.8 Å². The Morgan fingerprint density at radius 2 is 2.05 bits per heavy atom. The van der Waals surface area contributed by atoms with Gasteiger partial charge in [-0.2, -0.15) is 0 Å². The highest BCUT2D eigenvalue weighted by Gasteiger charge is 2.25. The maximum atomic E-state index is 13.9. The van der Waals surface area contributed by atoms with Crippen molar-refractivity contribution in [1.82, 2.24) is 5.32 Å². The summed E-state index contributed by atoms with van der Waals surface area (Å²) in [4.78, 5) is 22.8. The monoisotopic (exact) mass is 361 g/mol. The van der Waals surface area contributed by atoms with Gasteiger partial charge in [0.05, 0.1) is 4.47 Å². The Balaban J connectivity index is 2.82. The molecule has 5 nitrogen and oxygen atoms in total. The first-order valence-corrected chi connectivity index (χ1v) is 7.04. The Bertz CT molecular complexity index is 542. The van der Waals surface area contributed by atoms with Crippen molar-refractivity contribution in [2.24, 2.45) is 0 Å².